The summed E-state index contributed by atoms with van der Waals surface area (Å²) in [5, 5.41) is 12.8. The number of hydrogen-bond acceptors (Lipinski definition) is 7. The maximum atomic E-state index is 13.7. The lowest BCUT2D eigenvalue weighted by Crippen LogP contribution is -2.50. The van der Waals surface area contributed by atoms with E-state index in [1.165, 1.54) is 30.6 Å². The Morgan fingerprint density at radius 1 is 1.14 bits per heavy atom. The molecule has 3 atom stereocenters. The third-order valence-corrected chi connectivity index (χ3v) is 9.20. The summed E-state index contributed by atoms with van der Waals surface area (Å²) in [6.07, 6.45) is -0.452. The summed E-state index contributed by atoms with van der Waals surface area (Å²) in [5.74, 6) is -0.0607. The van der Waals surface area contributed by atoms with E-state index in [1.807, 2.05) is 37.3 Å². The predicted octanol–water partition coefficient (Wildman–Crippen LogP) is 3.42. The normalized spacial score (nSPS) is 18.0. The number of aliphatic hydroxyl groups excluding tert-OH is 1. The highest BCUT2D eigenvalue weighted by molar-refractivity contribution is 7.89. The molecule has 0 bridgehead atoms. The number of fused-ring (bicyclic) bond motifs is 1. The topological polar surface area (TPSA) is 125 Å². The molecule has 10 nitrogen and oxygen atoms in total. The fourth-order valence-electron chi connectivity index (χ4n) is 4.78. The molecule has 0 unspecified atom stereocenters. The van der Waals surface area contributed by atoms with E-state index in [0.717, 1.165) is 5.56 Å². The van der Waals surface area contributed by atoms with E-state index in [4.69, 9.17) is 9.47 Å². The van der Waals surface area contributed by atoms with Gasteiger partial charge in [-0.1, -0.05) is 37.3 Å². The van der Waals surface area contributed by atoms with Crippen LogP contribution in [0.4, 0.5) is 5.69 Å². The maximum Gasteiger partial charge on any atom is 0.258 e. The van der Waals surface area contributed by atoms with Crippen LogP contribution in [0, 0.1) is 5.92 Å². The van der Waals surface area contributed by atoms with E-state index < -0.39 is 22.2 Å². The number of rotatable bonds is 10. The number of sulfonamides is 1. The Morgan fingerprint density at radius 3 is 2.48 bits per heavy atom. The van der Waals surface area contributed by atoms with Gasteiger partial charge in [-0.25, -0.2) is 8.42 Å². The Bertz CT molecular complexity index is 1500. The summed E-state index contributed by atoms with van der Waals surface area (Å²) >= 11 is 0. The molecule has 4 rings (SSSR count). The monoisotopic (exact) mass is 595 g/mol. The standard InChI is InChI=1S/C31H37N3O7S/c1-21-18-34(22(2)20-35)31(37)27-17-24(32-30(36)16-23-8-6-5-7-9-23)10-15-28(27)41-29(21)19-33(3)42(38,39)26-13-11-25(40-4)12-14-26/h5-15,17,21-22,29,35H,16,18-20H2,1-4H3,(H,32,36)/t21-,22-,29+/m0/s1. The molecule has 0 saturated heterocycles. The van der Waals surface area contributed by atoms with E-state index in [1.54, 1.807) is 42.2 Å². The third-order valence-electron chi connectivity index (χ3n) is 7.36. The molecule has 42 heavy (non-hydrogen) atoms. The zero-order chi connectivity index (χ0) is 30.4. The van der Waals surface area contributed by atoms with Crippen LogP contribution in [0.1, 0.15) is 29.8 Å². The van der Waals surface area contributed by atoms with Gasteiger partial charge in [-0.15, -0.1) is 0 Å². The van der Waals surface area contributed by atoms with E-state index in [2.05, 4.69) is 5.32 Å². The molecule has 2 amide bonds. The zero-order valence-electron chi connectivity index (χ0n) is 24.2. The predicted molar refractivity (Wildman–Crippen MR) is 159 cm³/mol. The molecule has 1 aliphatic heterocycles. The van der Waals surface area contributed by atoms with Gasteiger partial charge >= 0.3 is 0 Å². The zero-order valence-corrected chi connectivity index (χ0v) is 25.0. The number of nitrogens with one attached hydrogen (secondary N) is 1. The lowest BCUT2D eigenvalue weighted by molar-refractivity contribution is -0.115. The number of hydrogen-bond donors (Lipinski definition) is 2. The maximum absolute atomic E-state index is 13.7. The molecule has 3 aromatic rings. The van der Waals surface area contributed by atoms with Crippen molar-refractivity contribution >= 4 is 27.5 Å². The first-order chi connectivity index (χ1) is 20.0. The first kappa shape index (κ1) is 31.0. The van der Waals surface area contributed by atoms with Crippen molar-refractivity contribution in [3.8, 4) is 11.5 Å². The van der Waals surface area contributed by atoms with Crippen molar-refractivity contribution in [2.45, 2.75) is 37.3 Å². The summed E-state index contributed by atoms with van der Waals surface area (Å²) < 4.78 is 39.4. The Morgan fingerprint density at radius 2 is 1.83 bits per heavy atom. The van der Waals surface area contributed by atoms with Gasteiger partial charge in [-0.05, 0) is 55.0 Å². The molecule has 11 heteroatoms. The van der Waals surface area contributed by atoms with Crippen molar-refractivity contribution in [2.24, 2.45) is 5.92 Å². The SMILES string of the molecule is COc1ccc(S(=O)(=O)N(C)C[C@H]2Oc3ccc(NC(=O)Cc4ccccc4)cc3C(=O)N([C@@H](C)CO)C[C@@H]2C)cc1. The third kappa shape index (κ3) is 7.10. The molecule has 2 N–H and O–H groups in total. The summed E-state index contributed by atoms with van der Waals surface area (Å²) in [5.41, 5.74) is 1.49. The molecular weight excluding hydrogens is 558 g/mol. The second-order valence-electron chi connectivity index (χ2n) is 10.5. The summed E-state index contributed by atoms with van der Waals surface area (Å²) in [6.45, 7) is 3.61. The highest BCUT2D eigenvalue weighted by atomic mass is 32.2. The van der Waals surface area contributed by atoms with Crippen LogP contribution >= 0.6 is 0 Å². The number of ether oxygens (including phenoxy) is 2. The fourth-order valence-corrected chi connectivity index (χ4v) is 5.97. The van der Waals surface area contributed by atoms with Crippen LogP contribution in [-0.4, -0.2) is 80.5 Å². The molecule has 1 heterocycles. The second kappa shape index (κ2) is 13.4. The van der Waals surface area contributed by atoms with Gasteiger partial charge in [0.05, 0.1) is 43.2 Å². The van der Waals surface area contributed by atoms with E-state index >= 15 is 0 Å². The van der Waals surface area contributed by atoms with Gasteiger partial charge in [0.2, 0.25) is 15.9 Å². The van der Waals surface area contributed by atoms with E-state index in [0.29, 0.717) is 11.4 Å². The number of benzene rings is 3. The minimum Gasteiger partial charge on any atom is -0.497 e. The average molecular weight is 596 g/mol. The number of carbonyl (C=O) groups excluding carboxylic acids is 2. The van der Waals surface area contributed by atoms with E-state index in [9.17, 15) is 23.1 Å². The Kier molecular flexibility index (Phi) is 9.87. The average Bonchev–Trinajstić information content (AvgIpc) is 2.99. The summed E-state index contributed by atoms with van der Waals surface area (Å²) in [7, 11) is -0.853. The van der Waals surface area contributed by atoms with Crippen LogP contribution in [0.3, 0.4) is 0 Å². The Balaban J connectivity index is 1.61. The number of methoxy groups -OCH3 is 1. The second-order valence-corrected chi connectivity index (χ2v) is 12.6. The lowest BCUT2D eigenvalue weighted by atomic mass is 9.99. The highest BCUT2D eigenvalue weighted by Crippen LogP contribution is 2.31. The molecular formula is C31H37N3O7S. The van der Waals surface area contributed by atoms with Crippen LogP contribution in [0.15, 0.2) is 77.7 Å². The van der Waals surface area contributed by atoms with Crippen molar-refractivity contribution in [3.63, 3.8) is 0 Å². The first-order valence-electron chi connectivity index (χ1n) is 13.7. The lowest BCUT2D eigenvalue weighted by Gasteiger charge is -2.38. The van der Waals surface area contributed by atoms with Crippen molar-refractivity contribution in [1.29, 1.82) is 0 Å². The number of amides is 2. The van der Waals surface area contributed by atoms with Crippen molar-refractivity contribution in [3.05, 3.63) is 83.9 Å². The highest BCUT2D eigenvalue weighted by Gasteiger charge is 2.35. The Hall–Kier alpha value is -3.93. The van der Waals surface area contributed by atoms with Gasteiger partial charge in [0.1, 0.15) is 17.6 Å². The fraction of sp³-hybridized carbons (Fsp3) is 0.355. The number of nitrogens with zero attached hydrogens (tertiary/aromatic N) is 2. The first-order valence-corrected chi connectivity index (χ1v) is 15.1. The van der Waals surface area contributed by atoms with Gasteiger partial charge < -0.3 is 24.8 Å². The molecule has 0 saturated carbocycles. The largest absolute Gasteiger partial charge is 0.497 e. The molecule has 0 aromatic heterocycles. The van der Waals surface area contributed by atoms with Gasteiger partial charge in [-0.3, -0.25) is 9.59 Å². The number of carbonyl (C=O) groups is 2. The van der Waals surface area contributed by atoms with Crippen molar-refractivity contribution in [1.82, 2.24) is 9.21 Å². The smallest absolute Gasteiger partial charge is 0.258 e. The number of anilines is 1. The molecule has 0 fully saturated rings. The molecule has 0 radical (unpaired) electrons. The minimum absolute atomic E-state index is 0.0140. The van der Waals surface area contributed by atoms with Crippen molar-refractivity contribution < 1.29 is 32.6 Å². The number of aliphatic hydroxyl groups is 1. The summed E-state index contributed by atoms with van der Waals surface area (Å²) in [4.78, 5) is 28.1. The van der Waals surface area contributed by atoms with Crippen LogP contribution < -0.4 is 14.8 Å². The quantitative estimate of drug-likeness (QED) is 0.368. The van der Waals surface area contributed by atoms with Gasteiger partial charge in [0, 0.05) is 25.2 Å². The van der Waals surface area contributed by atoms with Crippen LogP contribution in [0.25, 0.3) is 0 Å². The van der Waals surface area contributed by atoms with Crippen molar-refractivity contribution in [2.75, 3.05) is 39.2 Å². The van der Waals surface area contributed by atoms with Crippen LogP contribution in [-0.2, 0) is 21.2 Å². The molecule has 224 valence electrons. The number of likely N-dealkylation sites (N-methyl/N-ethyl adjacent to an activating group) is 1. The molecule has 3 aromatic carbocycles. The van der Waals surface area contributed by atoms with Crippen LogP contribution in [0.2, 0.25) is 0 Å². The summed E-state index contributed by atoms with van der Waals surface area (Å²) in [6, 6.07) is 19.8. The molecule has 0 spiro atoms. The molecule has 1 aliphatic rings. The molecule has 0 aliphatic carbocycles. The van der Waals surface area contributed by atoms with Gasteiger partial charge in [0.25, 0.3) is 5.91 Å². The van der Waals surface area contributed by atoms with Crippen LogP contribution in [0.5, 0.6) is 11.5 Å². The minimum atomic E-state index is -3.85. The Labute approximate surface area is 246 Å². The van der Waals surface area contributed by atoms with Gasteiger partial charge in [-0.2, -0.15) is 4.31 Å². The van der Waals surface area contributed by atoms with Gasteiger partial charge in [0.15, 0.2) is 0 Å². The van der Waals surface area contributed by atoms with E-state index in [-0.39, 0.29) is 60.1 Å².